The number of amides is 2. The monoisotopic (exact) mass is 703 g/mol. The van der Waals surface area contributed by atoms with Gasteiger partial charge in [0.2, 0.25) is 5.91 Å². The van der Waals surface area contributed by atoms with Gasteiger partial charge in [0.15, 0.2) is 6.61 Å². The van der Waals surface area contributed by atoms with Crippen molar-refractivity contribution in [2.75, 3.05) is 13.2 Å². The molecule has 1 atom stereocenters. The van der Waals surface area contributed by atoms with E-state index in [4.69, 9.17) is 9.57 Å². The van der Waals surface area contributed by atoms with Crippen LogP contribution in [0.3, 0.4) is 0 Å². The molecule has 7 nitrogen and oxygen atoms in total. The summed E-state index contributed by atoms with van der Waals surface area (Å²) in [5.74, 6) is 0.453. The summed E-state index contributed by atoms with van der Waals surface area (Å²) in [5.41, 5.74) is 6.03. The largest absolute Gasteiger partial charge is 0.490 e. The summed E-state index contributed by atoms with van der Waals surface area (Å²) in [5, 5.41) is 3.41. The quantitative estimate of drug-likeness (QED) is 0.0517. The lowest BCUT2D eigenvalue weighted by molar-refractivity contribution is -0.129. The minimum atomic E-state index is -1.13. The molecule has 1 unspecified atom stereocenters. The second kappa shape index (κ2) is 15.9. The molecule has 1 aromatic heterocycles. The molecule has 6 aromatic rings. The Bertz CT molecular complexity index is 2050. The maximum absolute atomic E-state index is 14.4. The average molecular weight is 704 g/mol. The number of oxime groups is 1. The predicted octanol–water partition coefficient (Wildman–Crippen LogP) is 9.17. The SMILES string of the molecule is CC(=NOCCOc1ccc(CC2SC(=O)N(C(c3ccccc3)(c3ccccc3)c3ccccc3)C2=O)cc1)c1cncc(-c2ccccc2)c1. The van der Waals surface area contributed by atoms with Crippen LogP contribution in [0.1, 0.15) is 34.7 Å². The van der Waals surface area contributed by atoms with Gasteiger partial charge in [-0.1, -0.05) is 150 Å². The van der Waals surface area contributed by atoms with E-state index in [2.05, 4.69) is 10.1 Å². The van der Waals surface area contributed by atoms with Crippen molar-refractivity contribution in [1.82, 2.24) is 9.88 Å². The highest BCUT2D eigenvalue weighted by atomic mass is 32.2. The number of nitrogens with zero attached hydrogens (tertiary/aromatic N) is 3. The van der Waals surface area contributed by atoms with Crippen LogP contribution in [0.5, 0.6) is 5.75 Å². The van der Waals surface area contributed by atoms with Crippen molar-refractivity contribution >= 4 is 28.6 Å². The maximum Gasteiger partial charge on any atom is 0.290 e. The first kappa shape index (κ1) is 34.5. The molecule has 5 aromatic carbocycles. The summed E-state index contributed by atoms with van der Waals surface area (Å²) in [7, 11) is 0. The van der Waals surface area contributed by atoms with Gasteiger partial charge in [-0.15, -0.1) is 0 Å². The van der Waals surface area contributed by atoms with Crippen molar-refractivity contribution in [2.24, 2.45) is 5.16 Å². The molecule has 0 aliphatic carbocycles. The number of aromatic nitrogens is 1. The molecule has 0 N–H and O–H groups in total. The summed E-state index contributed by atoms with van der Waals surface area (Å²) >= 11 is 1.08. The number of thioether (sulfide) groups is 1. The van der Waals surface area contributed by atoms with Crippen LogP contribution < -0.4 is 4.74 Å². The van der Waals surface area contributed by atoms with Crippen LogP contribution in [0.2, 0.25) is 0 Å². The number of hydrogen-bond donors (Lipinski definition) is 0. The molecule has 0 spiro atoms. The van der Waals surface area contributed by atoms with Gasteiger partial charge < -0.3 is 9.57 Å². The average Bonchev–Trinajstić information content (AvgIpc) is 3.48. The van der Waals surface area contributed by atoms with Gasteiger partial charge in [0.05, 0.1) is 11.0 Å². The number of carbonyl (C=O) groups is 2. The maximum atomic E-state index is 14.4. The zero-order chi connectivity index (χ0) is 35.8. The number of rotatable bonds is 13. The Morgan fingerprint density at radius 1 is 0.712 bits per heavy atom. The summed E-state index contributed by atoms with van der Waals surface area (Å²) in [6, 6.07) is 49.1. The van der Waals surface area contributed by atoms with Crippen LogP contribution >= 0.6 is 11.8 Å². The first-order valence-electron chi connectivity index (χ1n) is 17.1. The highest BCUT2D eigenvalue weighted by Gasteiger charge is 2.53. The molecule has 0 radical (unpaired) electrons. The third kappa shape index (κ3) is 7.24. The Hall–Kier alpha value is -5.99. The Kier molecular flexibility index (Phi) is 10.5. The Balaban J connectivity index is 1.00. The molecule has 1 saturated heterocycles. The van der Waals surface area contributed by atoms with Crippen LogP contribution in [0.4, 0.5) is 4.79 Å². The lowest BCUT2D eigenvalue weighted by Gasteiger charge is -2.42. The highest BCUT2D eigenvalue weighted by molar-refractivity contribution is 8.15. The van der Waals surface area contributed by atoms with Crippen molar-refractivity contribution in [2.45, 2.75) is 24.1 Å². The zero-order valence-corrected chi connectivity index (χ0v) is 29.5. The molecule has 1 fully saturated rings. The summed E-state index contributed by atoms with van der Waals surface area (Å²) < 4.78 is 5.90. The van der Waals surface area contributed by atoms with Crippen LogP contribution in [0.25, 0.3) is 11.1 Å². The Morgan fingerprint density at radius 2 is 1.27 bits per heavy atom. The fraction of sp³-hybridized carbons (Fsp3) is 0.136. The lowest BCUT2D eigenvalue weighted by atomic mass is 9.75. The fourth-order valence-electron chi connectivity index (χ4n) is 6.57. The predicted molar refractivity (Wildman–Crippen MR) is 206 cm³/mol. The molecule has 0 bridgehead atoms. The summed E-state index contributed by atoms with van der Waals surface area (Å²) in [6.07, 6.45) is 4.00. The standard InChI is InChI=1S/C44H37N3O4S/c1-32(35-29-36(31-45-30-35)34-14-6-2-7-15-34)46-51-27-26-50-40-24-22-33(23-25-40)28-41-42(48)47(43(49)52-41)44(37-16-8-3-9-17-37,38-18-10-4-11-19-38)39-20-12-5-13-21-39/h2-25,29-31,41H,26-28H2,1H3. The van der Waals surface area contributed by atoms with Gasteiger partial charge in [0.1, 0.15) is 17.9 Å². The molecule has 1 aliphatic heterocycles. The van der Waals surface area contributed by atoms with Gasteiger partial charge in [-0.3, -0.25) is 19.5 Å². The number of imide groups is 1. The van der Waals surface area contributed by atoms with Crippen molar-refractivity contribution in [3.63, 3.8) is 0 Å². The van der Waals surface area contributed by atoms with E-state index in [1.807, 2.05) is 165 Å². The molecular formula is C44H37N3O4S. The molecule has 8 heteroatoms. The number of carbonyl (C=O) groups excluding carboxylic acids is 2. The fourth-order valence-corrected chi connectivity index (χ4v) is 7.63. The van der Waals surface area contributed by atoms with E-state index in [1.54, 1.807) is 6.20 Å². The second-order valence-electron chi connectivity index (χ2n) is 12.4. The van der Waals surface area contributed by atoms with Crippen molar-refractivity contribution in [3.8, 4) is 16.9 Å². The molecule has 7 rings (SSSR count). The van der Waals surface area contributed by atoms with Crippen molar-refractivity contribution < 1.29 is 19.2 Å². The van der Waals surface area contributed by atoms with Crippen LogP contribution in [-0.2, 0) is 21.6 Å². The Labute approximate surface area is 307 Å². The number of benzene rings is 5. The van der Waals surface area contributed by atoms with E-state index in [1.165, 1.54) is 4.90 Å². The molecular weight excluding hydrogens is 667 g/mol. The smallest absolute Gasteiger partial charge is 0.290 e. The first-order valence-corrected chi connectivity index (χ1v) is 18.0. The zero-order valence-electron chi connectivity index (χ0n) is 28.7. The third-order valence-electron chi connectivity index (χ3n) is 9.08. The van der Waals surface area contributed by atoms with Gasteiger partial charge in [0.25, 0.3) is 5.24 Å². The van der Waals surface area contributed by atoms with E-state index in [0.717, 1.165) is 56.4 Å². The Morgan fingerprint density at radius 3 is 1.85 bits per heavy atom. The van der Waals surface area contributed by atoms with Crippen LogP contribution in [0, 0.1) is 0 Å². The van der Waals surface area contributed by atoms with E-state index in [-0.39, 0.29) is 17.8 Å². The molecule has 0 saturated carbocycles. The molecule has 2 heterocycles. The second-order valence-corrected chi connectivity index (χ2v) is 13.5. The van der Waals surface area contributed by atoms with Crippen LogP contribution in [0.15, 0.2) is 169 Å². The number of pyridine rings is 1. The molecule has 258 valence electrons. The normalized spacial score (nSPS) is 14.8. The summed E-state index contributed by atoms with van der Waals surface area (Å²) in [4.78, 5) is 39.8. The molecule has 1 aliphatic rings. The van der Waals surface area contributed by atoms with Gasteiger partial charge in [-0.25, -0.2) is 0 Å². The summed E-state index contributed by atoms with van der Waals surface area (Å²) in [6.45, 7) is 2.46. The number of hydrogen-bond acceptors (Lipinski definition) is 7. The minimum Gasteiger partial charge on any atom is -0.490 e. The topological polar surface area (TPSA) is 81.1 Å². The highest BCUT2D eigenvalue weighted by Crippen LogP contribution is 2.47. The first-order chi connectivity index (χ1) is 25.5. The third-order valence-corrected chi connectivity index (χ3v) is 10.1. The minimum absolute atomic E-state index is 0.220. The number of ether oxygens (including phenoxy) is 1. The van der Waals surface area contributed by atoms with E-state index in [0.29, 0.717) is 18.8 Å². The van der Waals surface area contributed by atoms with Gasteiger partial charge in [-0.2, -0.15) is 0 Å². The van der Waals surface area contributed by atoms with Crippen molar-refractivity contribution in [3.05, 3.63) is 192 Å². The van der Waals surface area contributed by atoms with Gasteiger partial charge >= 0.3 is 0 Å². The van der Waals surface area contributed by atoms with Crippen molar-refractivity contribution in [1.29, 1.82) is 0 Å². The van der Waals surface area contributed by atoms with Gasteiger partial charge in [-0.05, 0) is 59.4 Å². The lowest BCUT2D eigenvalue weighted by Crippen LogP contribution is -2.51. The van der Waals surface area contributed by atoms with E-state index < -0.39 is 10.8 Å². The molecule has 52 heavy (non-hydrogen) atoms. The van der Waals surface area contributed by atoms with Crippen LogP contribution in [-0.4, -0.2) is 45.2 Å². The van der Waals surface area contributed by atoms with E-state index in [9.17, 15) is 9.59 Å². The van der Waals surface area contributed by atoms with E-state index >= 15 is 0 Å². The van der Waals surface area contributed by atoms with Gasteiger partial charge in [0, 0.05) is 23.5 Å². The molecule has 2 amide bonds.